The van der Waals surface area contributed by atoms with E-state index in [-0.39, 0.29) is 30.2 Å². The Hall–Kier alpha value is -1.14. The van der Waals surface area contributed by atoms with Gasteiger partial charge in [0.1, 0.15) is 0 Å². The summed E-state index contributed by atoms with van der Waals surface area (Å²) in [5, 5.41) is 0. The van der Waals surface area contributed by atoms with Crippen molar-refractivity contribution in [2.75, 3.05) is 18.1 Å². The number of aromatic nitrogens is 1. The molecular formula is C9H14N2O3S. The first kappa shape index (κ1) is 11.9. The largest absolute Gasteiger partial charge is 0.329 e. The van der Waals surface area contributed by atoms with Gasteiger partial charge in [0.2, 0.25) is 0 Å². The van der Waals surface area contributed by atoms with E-state index in [2.05, 4.69) is 0 Å². The fraction of sp³-hybridized carbons (Fsp3) is 0.444. The van der Waals surface area contributed by atoms with Crippen molar-refractivity contribution < 1.29 is 8.42 Å². The van der Waals surface area contributed by atoms with Gasteiger partial charge in [-0.3, -0.25) is 4.79 Å². The van der Waals surface area contributed by atoms with E-state index in [9.17, 15) is 13.2 Å². The summed E-state index contributed by atoms with van der Waals surface area (Å²) >= 11 is 0. The summed E-state index contributed by atoms with van der Waals surface area (Å²) in [5.74, 6) is -0.0807. The van der Waals surface area contributed by atoms with Gasteiger partial charge in [0.05, 0.1) is 11.5 Å². The molecular weight excluding hydrogens is 216 g/mol. The molecule has 0 amide bonds. The highest BCUT2D eigenvalue weighted by Crippen LogP contribution is 1.91. The average molecular weight is 230 g/mol. The third-order valence-electron chi connectivity index (χ3n) is 1.97. The third kappa shape index (κ3) is 3.85. The van der Waals surface area contributed by atoms with Crippen molar-refractivity contribution in [3.63, 3.8) is 0 Å². The zero-order valence-corrected chi connectivity index (χ0v) is 9.11. The van der Waals surface area contributed by atoms with Crippen LogP contribution in [-0.2, 0) is 16.4 Å². The zero-order valence-electron chi connectivity index (χ0n) is 8.30. The van der Waals surface area contributed by atoms with Crippen molar-refractivity contribution in [1.82, 2.24) is 4.57 Å². The van der Waals surface area contributed by atoms with Gasteiger partial charge in [0.25, 0.3) is 5.56 Å². The van der Waals surface area contributed by atoms with Crippen LogP contribution in [0.2, 0.25) is 0 Å². The van der Waals surface area contributed by atoms with Crippen molar-refractivity contribution in [2.24, 2.45) is 5.73 Å². The molecule has 15 heavy (non-hydrogen) atoms. The highest BCUT2D eigenvalue weighted by atomic mass is 32.2. The Kier molecular flexibility index (Phi) is 4.05. The molecule has 1 aromatic heterocycles. The molecule has 0 aromatic carbocycles. The molecule has 0 saturated heterocycles. The van der Waals surface area contributed by atoms with Crippen molar-refractivity contribution in [3.8, 4) is 0 Å². The van der Waals surface area contributed by atoms with Crippen LogP contribution < -0.4 is 11.3 Å². The van der Waals surface area contributed by atoms with Crippen molar-refractivity contribution >= 4 is 9.84 Å². The Morgan fingerprint density at radius 3 is 2.60 bits per heavy atom. The number of nitrogens with two attached hydrogens (primary N) is 1. The number of hydrogen-bond donors (Lipinski definition) is 1. The Balaban J connectivity index is 2.66. The van der Waals surface area contributed by atoms with E-state index in [4.69, 9.17) is 5.73 Å². The van der Waals surface area contributed by atoms with Crippen LogP contribution in [0.4, 0.5) is 0 Å². The molecule has 5 nitrogen and oxygen atoms in total. The molecule has 0 aliphatic heterocycles. The standard InChI is InChI=1S/C9H14N2O3S/c10-4-7-15(13,14)8-6-11-5-2-1-3-9(11)12/h1-3,5H,4,6-8,10H2. The van der Waals surface area contributed by atoms with Gasteiger partial charge in [0.15, 0.2) is 9.84 Å². The molecule has 0 saturated carbocycles. The average Bonchev–Trinajstić information content (AvgIpc) is 2.16. The van der Waals surface area contributed by atoms with E-state index in [1.54, 1.807) is 18.3 Å². The maximum Gasteiger partial charge on any atom is 0.250 e. The van der Waals surface area contributed by atoms with E-state index >= 15 is 0 Å². The number of rotatable bonds is 5. The van der Waals surface area contributed by atoms with Gasteiger partial charge in [-0.1, -0.05) is 6.07 Å². The second-order valence-corrected chi connectivity index (χ2v) is 5.48. The van der Waals surface area contributed by atoms with E-state index in [0.29, 0.717) is 0 Å². The zero-order chi connectivity index (χ0) is 11.3. The molecule has 0 aliphatic carbocycles. The van der Waals surface area contributed by atoms with Gasteiger partial charge in [-0.05, 0) is 6.07 Å². The fourth-order valence-corrected chi connectivity index (χ4v) is 2.20. The Morgan fingerprint density at radius 2 is 2.00 bits per heavy atom. The Morgan fingerprint density at radius 1 is 1.27 bits per heavy atom. The van der Waals surface area contributed by atoms with Gasteiger partial charge in [0, 0.05) is 25.4 Å². The predicted octanol–water partition coefficient (Wildman–Crippen LogP) is -0.778. The molecule has 1 heterocycles. The summed E-state index contributed by atoms with van der Waals surface area (Å²) < 4.78 is 24.0. The number of aryl methyl sites for hydroxylation is 1. The van der Waals surface area contributed by atoms with Crippen molar-refractivity contribution in [1.29, 1.82) is 0 Å². The molecule has 1 rings (SSSR count). The lowest BCUT2D eigenvalue weighted by molar-refractivity contribution is 0.587. The van der Waals surface area contributed by atoms with E-state index in [0.717, 1.165) is 0 Å². The minimum atomic E-state index is -3.13. The number of hydrogen-bond acceptors (Lipinski definition) is 4. The second-order valence-electron chi connectivity index (χ2n) is 3.17. The first-order valence-electron chi connectivity index (χ1n) is 4.61. The van der Waals surface area contributed by atoms with Crippen LogP contribution in [0.5, 0.6) is 0 Å². The molecule has 0 spiro atoms. The van der Waals surface area contributed by atoms with Crippen LogP contribution >= 0.6 is 0 Å². The lowest BCUT2D eigenvalue weighted by Gasteiger charge is -2.05. The quantitative estimate of drug-likeness (QED) is 0.719. The van der Waals surface area contributed by atoms with Gasteiger partial charge in [-0.2, -0.15) is 0 Å². The summed E-state index contributed by atoms with van der Waals surface area (Å²) in [6.07, 6.45) is 1.57. The summed E-state index contributed by atoms with van der Waals surface area (Å²) in [5.41, 5.74) is 4.97. The van der Waals surface area contributed by atoms with Crippen LogP contribution in [0.15, 0.2) is 29.2 Å². The van der Waals surface area contributed by atoms with Crippen LogP contribution in [-0.4, -0.2) is 31.0 Å². The second kappa shape index (κ2) is 5.09. The molecule has 0 aliphatic rings. The lowest BCUT2D eigenvalue weighted by Crippen LogP contribution is -2.25. The number of sulfone groups is 1. The monoisotopic (exact) mass is 230 g/mol. The van der Waals surface area contributed by atoms with Crippen LogP contribution in [0.25, 0.3) is 0 Å². The normalized spacial score (nSPS) is 11.5. The number of nitrogens with zero attached hydrogens (tertiary/aromatic N) is 1. The molecule has 2 N–H and O–H groups in total. The fourth-order valence-electron chi connectivity index (χ4n) is 1.16. The van der Waals surface area contributed by atoms with E-state index < -0.39 is 9.84 Å². The minimum Gasteiger partial charge on any atom is -0.329 e. The molecule has 0 bridgehead atoms. The highest BCUT2D eigenvalue weighted by Gasteiger charge is 2.09. The summed E-state index contributed by atoms with van der Waals surface area (Å²) in [7, 11) is -3.13. The topological polar surface area (TPSA) is 82.2 Å². The number of pyridine rings is 1. The van der Waals surface area contributed by atoms with Gasteiger partial charge in [-0.25, -0.2) is 8.42 Å². The maximum absolute atomic E-state index is 11.3. The molecule has 0 fully saturated rings. The molecule has 1 aromatic rings. The first-order valence-corrected chi connectivity index (χ1v) is 6.43. The summed E-state index contributed by atoms with van der Waals surface area (Å²) in [4.78, 5) is 11.2. The summed E-state index contributed by atoms with van der Waals surface area (Å²) in [6.45, 7) is 0.300. The highest BCUT2D eigenvalue weighted by molar-refractivity contribution is 7.91. The molecule has 84 valence electrons. The van der Waals surface area contributed by atoms with Crippen LogP contribution in [0.3, 0.4) is 0 Å². The lowest BCUT2D eigenvalue weighted by atomic mass is 10.5. The predicted molar refractivity (Wildman–Crippen MR) is 58.4 cm³/mol. The Labute approximate surface area is 88.4 Å². The van der Waals surface area contributed by atoms with E-state index in [1.807, 2.05) is 0 Å². The third-order valence-corrected chi connectivity index (χ3v) is 3.63. The summed E-state index contributed by atoms with van der Waals surface area (Å²) in [6, 6.07) is 4.71. The van der Waals surface area contributed by atoms with Crippen molar-refractivity contribution in [2.45, 2.75) is 6.54 Å². The Bertz CT molecular complexity index is 464. The van der Waals surface area contributed by atoms with Gasteiger partial charge < -0.3 is 10.3 Å². The van der Waals surface area contributed by atoms with E-state index in [1.165, 1.54) is 10.6 Å². The van der Waals surface area contributed by atoms with Crippen LogP contribution in [0, 0.1) is 0 Å². The van der Waals surface area contributed by atoms with Gasteiger partial charge in [-0.15, -0.1) is 0 Å². The molecule has 0 atom stereocenters. The first-order chi connectivity index (χ1) is 7.05. The van der Waals surface area contributed by atoms with Crippen LogP contribution in [0.1, 0.15) is 0 Å². The molecule has 0 unspecified atom stereocenters. The molecule has 6 heteroatoms. The van der Waals surface area contributed by atoms with Crippen molar-refractivity contribution in [3.05, 3.63) is 34.7 Å². The minimum absolute atomic E-state index is 0.0332. The SMILES string of the molecule is NCCS(=O)(=O)CCn1ccccc1=O. The maximum atomic E-state index is 11.3. The molecule has 0 radical (unpaired) electrons. The van der Waals surface area contributed by atoms with Gasteiger partial charge >= 0.3 is 0 Å². The smallest absolute Gasteiger partial charge is 0.250 e.